The van der Waals surface area contributed by atoms with Gasteiger partial charge in [0.1, 0.15) is 11.3 Å². The van der Waals surface area contributed by atoms with Crippen molar-refractivity contribution in [1.82, 2.24) is 5.32 Å². The number of halogens is 3. The Hall–Kier alpha value is -0.970. The Morgan fingerprint density at radius 1 is 1.24 bits per heavy atom. The van der Waals surface area contributed by atoms with E-state index >= 15 is 0 Å². The SMILES string of the molecule is CCC(Oc1cc(Cl)cc(Cl)c1)C(=O)NC(C)(C)C(=O)Cl. The van der Waals surface area contributed by atoms with E-state index in [1.807, 2.05) is 0 Å². The molecule has 1 amide bonds. The molecule has 1 atom stereocenters. The fraction of sp³-hybridized carbons (Fsp3) is 0.429. The van der Waals surface area contributed by atoms with Crippen molar-refractivity contribution in [2.24, 2.45) is 0 Å². The molecule has 21 heavy (non-hydrogen) atoms. The lowest BCUT2D eigenvalue weighted by molar-refractivity contribution is -0.132. The second kappa shape index (κ2) is 7.34. The van der Waals surface area contributed by atoms with Crippen molar-refractivity contribution in [3.63, 3.8) is 0 Å². The number of amides is 1. The normalized spacial score (nSPS) is 12.7. The van der Waals surface area contributed by atoms with Gasteiger partial charge in [-0.2, -0.15) is 0 Å². The molecule has 0 aromatic heterocycles. The Kier molecular flexibility index (Phi) is 6.32. The minimum atomic E-state index is -1.17. The van der Waals surface area contributed by atoms with Crippen LogP contribution in [0.1, 0.15) is 27.2 Å². The van der Waals surface area contributed by atoms with Crippen LogP contribution in [0.2, 0.25) is 10.0 Å². The Bertz CT molecular complexity index is 526. The zero-order chi connectivity index (χ0) is 16.2. The first-order chi connectivity index (χ1) is 9.65. The van der Waals surface area contributed by atoms with Gasteiger partial charge in [0.05, 0.1) is 0 Å². The molecule has 0 radical (unpaired) electrons. The maximum atomic E-state index is 12.2. The molecule has 0 aliphatic rings. The quantitative estimate of drug-likeness (QED) is 0.792. The highest BCUT2D eigenvalue weighted by molar-refractivity contribution is 6.65. The first-order valence-corrected chi connectivity index (χ1v) is 7.43. The molecular weight excluding hydrogens is 337 g/mol. The number of hydrogen-bond donors (Lipinski definition) is 1. The summed E-state index contributed by atoms with van der Waals surface area (Å²) in [5.74, 6) is -0.0582. The smallest absolute Gasteiger partial charge is 0.261 e. The lowest BCUT2D eigenvalue weighted by Crippen LogP contribution is -2.52. The fourth-order valence-electron chi connectivity index (χ4n) is 1.52. The van der Waals surface area contributed by atoms with Gasteiger partial charge in [-0.15, -0.1) is 0 Å². The third-order valence-electron chi connectivity index (χ3n) is 2.70. The molecule has 0 aliphatic carbocycles. The highest BCUT2D eigenvalue weighted by Crippen LogP contribution is 2.25. The molecule has 0 heterocycles. The number of carbonyl (C=O) groups is 2. The molecule has 0 bridgehead atoms. The molecule has 0 spiro atoms. The lowest BCUT2D eigenvalue weighted by atomic mass is 10.1. The summed E-state index contributed by atoms with van der Waals surface area (Å²) in [6.07, 6.45) is -0.377. The minimum absolute atomic E-state index is 0.379. The third kappa shape index (κ3) is 5.38. The standard InChI is InChI=1S/C14H16Cl3NO3/c1-4-11(12(19)18-14(2,3)13(17)20)21-10-6-8(15)5-9(16)7-10/h5-7,11H,4H2,1-3H3,(H,18,19). The van der Waals surface area contributed by atoms with E-state index in [-0.39, 0.29) is 0 Å². The molecule has 1 aromatic rings. The predicted molar refractivity (Wildman–Crippen MR) is 84.3 cm³/mol. The summed E-state index contributed by atoms with van der Waals surface area (Å²) in [5.41, 5.74) is -1.17. The lowest BCUT2D eigenvalue weighted by Gasteiger charge is -2.25. The van der Waals surface area contributed by atoms with E-state index in [9.17, 15) is 9.59 Å². The maximum Gasteiger partial charge on any atom is 0.261 e. The van der Waals surface area contributed by atoms with Crippen LogP contribution >= 0.6 is 34.8 Å². The van der Waals surface area contributed by atoms with E-state index in [1.54, 1.807) is 25.1 Å². The van der Waals surface area contributed by atoms with E-state index in [0.29, 0.717) is 22.2 Å². The zero-order valence-corrected chi connectivity index (χ0v) is 14.1. The van der Waals surface area contributed by atoms with Gasteiger partial charge >= 0.3 is 0 Å². The van der Waals surface area contributed by atoms with E-state index < -0.39 is 22.8 Å². The molecule has 1 N–H and O–H groups in total. The van der Waals surface area contributed by atoms with Crippen LogP contribution in [0.4, 0.5) is 0 Å². The van der Waals surface area contributed by atoms with Gasteiger partial charge in [0, 0.05) is 10.0 Å². The Labute approximate surface area is 138 Å². The molecule has 4 nitrogen and oxygen atoms in total. The molecule has 0 fully saturated rings. The van der Waals surface area contributed by atoms with Crippen LogP contribution in [-0.4, -0.2) is 22.8 Å². The number of benzene rings is 1. The number of carbonyl (C=O) groups excluding carboxylic acids is 2. The van der Waals surface area contributed by atoms with Gasteiger partial charge < -0.3 is 10.1 Å². The zero-order valence-electron chi connectivity index (χ0n) is 11.9. The van der Waals surface area contributed by atoms with E-state index in [0.717, 1.165) is 0 Å². The van der Waals surface area contributed by atoms with Crippen molar-refractivity contribution in [3.05, 3.63) is 28.2 Å². The van der Waals surface area contributed by atoms with E-state index in [1.165, 1.54) is 13.8 Å². The molecule has 1 rings (SSSR count). The van der Waals surface area contributed by atoms with Crippen molar-refractivity contribution in [3.8, 4) is 5.75 Å². The van der Waals surface area contributed by atoms with Crippen molar-refractivity contribution in [2.75, 3.05) is 0 Å². The van der Waals surface area contributed by atoms with Gasteiger partial charge in [-0.05, 0) is 50.1 Å². The number of rotatable bonds is 6. The third-order valence-corrected chi connectivity index (χ3v) is 3.61. The molecule has 7 heteroatoms. The van der Waals surface area contributed by atoms with Crippen LogP contribution < -0.4 is 10.1 Å². The number of ether oxygens (including phenoxy) is 1. The van der Waals surface area contributed by atoms with Gasteiger partial charge in [0.25, 0.3) is 5.91 Å². The molecule has 0 aliphatic heterocycles. The Morgan fingerprint density at radius 2 is 1.76 bits per heavy atom. The first kappa shape index (κ1) is 18.1. The van der Waals surface area contributed by atoms with Gasteiger partial charge in [0.2, 0.25) is 5.24 Å². The van der Waals surface area contributed by atoms with Gasteiger partial charge in [-0.25, -0.2) is 0 Å². The van der Waals surface area contributed by atoms with Crippen molar-refractivity contribution in [1.29, 1.82) is 0 Å². The second-order valence-electron chi connectivity index (χ2n) is 5.01. The second-order valence-corrected chi connectivity index (χ2v) is 6.22. The van der Waals surface area contributed by atoms with Gasteiger partial charge in [0.15, 0.2) is 6.10 Å². The molecule has 0 saturated heterocycles. The molecule has 0 saturated carbocycles. The average molecular weight is 353 g/mol. The summed E-state index contributed by atoms with van der Waals surface area (Å²) in [4.78, 5) is 23.4. The summed E-state index contributed by atoms with van der Waals surface area (Å²) in [7, 11) is 0. The average Bonchev–Trinajstić information content (AvgIpc) is 2.33. The van der Waals surface area contributed by atoms with Crippen LogP contribution in [0.5, 0.6) is 5.75 Å². The predicted octanol–water partition coefficient (Wildman–Crippen LogP) is 3.81. The number of nitrogens with one attached hydrogen (secondary N) is 1. The van der Waals surface area contributed by atoms with Crippen molar-refractivity contribution in [2.45, 2.75) is 38.8 Å². The maximum absolute atomic E-state index is 12.2. The summed E-state index contributed by atoms with van der Waals surface area (Å²) in [5, 5.41) is 2.70. The van der Waals surface area contributed by atoms with Crippen LogP contribution in [0.15, 0.2) is 18.2 Å². The highest BCUT2D eigenvalue weighted by atomic mass is 35.5. The van der Waals surface area contributed by atoms with E-state index in [2.05, 4.69) is 5.32 Å². The fourth-order valence-corrected chi connectivity index (χ4v) is 2.07. The summed E-state index contributed by atoms with van der Waals surface area (Å²) in [6.45, 7) is 4.82. The molecule has 1 unspecified atom stereocenters. The Morgan fingerprint density at radius 3 is 2.19 bits per heavy atom. The monoisotopic (exact) mass is 351 g/mol. The largest absolute Gasteiger partial charge is 0.481 e. The van der Waals surface area contributed by atoms with Crippen molar-refractivity contribution < 1.29 is 14.3 Å². The first-order valence-electron chi connectivity index (χ1n) is 6.30. The van der Waals surface area contributed by atoms with E-state index in [4.69, 9.17) is 39.5 Å². The van der Waals surface area contributed by atoms with Gasteiger partial charge in [-0.3, -0.25) is 9.59 Å². The van der Waals surface area contributed by atoms with Crippen LogP contribution in [0.3, 0.4) is 0 Å². The minimum Gasteiger partial charge on any atom is -0.481 e. The Balaban J connectivity index is 2.83. The van der Waals surface area contributed by atoms with Crippen LogP contribution in [-0.2, 0) is 9.59 Å². The molecular formula is C14H16Cl3NO3. The molecule has 1 aromatic carbocycles. The topological polar surface area (TPSA) is 55.4 Å². The van der Waals surface area contributed by atoms with Crippen molar-refractivity contribution >= 4 is 46.0 Å². The summed E-state index contributed by atoms with van der Waals surface area (Å²) < 4.78 is 5.58. The summed E-state index contributed by atoms with van der Waals surface area (Å²) >= 11 is 17.2. The van der Waals surface area contributed by atoms with Crippen LogP contribution in [0.25, 0.3) is 0 Å². The highest BCUT2D eigenvalue weighted by Gasteiger charge is 2.31. The number of hydrogen-bond acceptors (Lipinski definition) is 3. The molecule has 116 valence electrons. The van der Waals surface area contributed by atoms with Gasteiger partial charge in [-0.1, -0.05) is 30.1 Å². The van der Waals surface area contributed by atoms with Crippen LogP contribution in [0, 0.1) is 0 Å². The summed E-state index contributed by atoms with van der Waals surface area (Å²) in [6, 6.07) is 4.68.